The van der Waals surface area contributed by atoms with Gasteiger partial charge >= 0.3 is 0 Å². The van der Waals surface area contributed by atoms with E-state index in [9.17, 15) is 4.79 Å². The van der Waals surface area contributed by atoms with E-state index < -0.39 is 0 Å². The predicted octanol–water partition coefficient (Wildman–Crippen LogP) is 1.23. The number of amides is 1. The summed E-state index contributed by atoms with van der Waals surface area (Å²) >= 11 is 0. The summed E-state index contributed by atoms with van der Waals surface area (Å²) in [5.41, 5.74) is 0.922. The fourth-order valence-electron chi connectivity index (χ4n) is 0.801. The molecule has 4 heteroatoms. The van der Waals surface area contributed by atoms with Gasteiger partial charge in [-0.3, -0.25) is 9.89 Å². The van der Waals surface area contributed by atoms with Crippen molar-refractivity contribution in [3.05, 3.63) is 23.9 Å². The fraction of sp³-hybridized carbons (Fsp3) is 0.250. The molecule has 0 saturated carbocycles. The van der Waals surface area contributed by atoms with Crippen molar-refractivity contribution in [3.8, 4) is 0 Å². The molecule has 4 nitrogen and oxygen atoms in total. The molecule has 0 atom stereocenters. The highest BCUT2D eigenvalue weighted by molar-refractivity contribution is 5.98. The number of H-pyrrole nitrogens is 1. The number of aromatic amines is 1. The third-order valence-electron chi connectivity index (χ3n) is 1.28. The number of carbonyl (C=O) groups excluding carboxylic acids is 1. The number of aromatic nitrogens is 2. The van der Waals surface area contributed by atoms with Crippen LogP contribution in [0, 0.1) is 6.92 Å². The molecule has 0 fully saturated rings. The van der Waals surface area contributed by atoms with Gasteiger partial charge in [0, 0.05) is 11.8 Å². The second-order valence-electron chi connectivity index (χ2n) is 2.43. The maximum Gasteiger partial charge on any atom is 0.249 e. The Morgan fingerprint density at radius 1 is 1.75 bits per heavy atom. The van der Waals surface area contributed by atoms with E-state index in [2.05, 4.69) is 15.5 Å². The van der Waals surface area contributed by atoms with Crippen molar-refractivity contribution in [1.82, 2.24) is 10.2 Å². The second kappa shape index (κ2) is 3.71. The molecule has 0 aliphatic rings. The molecule has 1 amide bonds. The maximum atomic E-state index is 11.0. The summed E-state index contributed by atoms with van der Waals surface area (Å²) in [5.74, 6) is 0.389. The summed E-state index contributed by atoms with van der Waals surface area (Å²) in [7, 11) is 0. The highest BCUT2D eigenvalue weighted by atomic mass is 16.1. The summed E-state index contributed by atoms with van der Waals surface area (Å²) in [6.07, 6.45) is 3.12. The van der Waals surface area contributed by atoms with Gasteiger partial charge < -0.3 is 5.32 Å². The van der Waals surface area contributed by atoms with Crippen LogP contribution >= 0.6 is 0 Å². The van der Waals surface area contributed by atoms with Crippen LogP contribution in [0.15, 0.2) is 18.2 Å². The number of allylic oxidation sites excluding steroid dienone is 1. The SMILES string of the molecule is CC=CC(=O)Nc1cc(C)[nH]n1. The van der Waals surface area contributed by atoms with E-state index in [0.29, 0.717) is 5.82 Å². The Morgan fingerprint density at radius 2 is 2.50 bits per heavy atom. The van der Waals surface area contributed by atoms with Crippen molar-refractivity contribution < 1.29 is 4.79 Å². The molecular formula is C8H11N3O. The first-order valence-electron chi connectivity index (χ1n) is 3.68. The summed E-state index contributed by atoms with van der Waals surface area (Å²) in [6, 6.07) is 1.77. The van der Waals surface area contributed by atoms with Gasteiger partial charge in [-0.25, -0.2) is 0 Å². The molecule has 2 N–H and O–H groups in total. The summed E-state index contributed by atoms with van der Waals surface area (Å²) in [6.45, 7) is 3.66. The summed E-state index contributed by atoms with van der Waals surface area (Å²) < 4.78 is 0. The van der Waals surface area contributed by atoms with E-state index in [1.165, 1.54) is 6.08 Å². The zero-order valence-corrected chi connectivity index (χ0v) is 7.09. The molecule has 0 radical (unpaired) electrons. The molecule has 0 saturated heterocycles. The van der Waals surface area contributed by atoms with Crippen molar-refractivity contribution in [2.45, 2.75) is 13.8 Å². The van der Waals surface area contributed by atoms with Crippen LogP contribution in [0.2, 0.25) is 0 Å². The molecule has 12 heavy (non-hydrogen) atoms. The standard InChI is InChI=1S/C8H11N3O/c1-3-4-8(12)9-7-5-6(2)10-11-7/h3-5H,1-2H3,(H2,9,10,11,12). The number of hydrogen-bond donors (Lipinski definition) is 2. The molecule has 1 aromatic rings. The first-order chi connectivity index (χ1) is 5.72. The summed E-state index contributed by atoms with van der Waals surface area (Å²) in [4.78, 5) is 11.0. The molecule has 1 rings (SSSR count). The van der Waals surface area contributed by atoms with Crippen LogP contribution in [0.5, 0.6) is 0 Å². The lowest BCUT2D eigenvalue weighted by atomic mass is 10.4. The molecule has 1 heterocycles. The molecule has 64 valence electrons. The van der Waals surface area contributed by atoms with Gasteiger partial charge in [0.2, 0.25) is 5.91 Å². The highest BCUT2D eigenvalue weighted by Gasteiger charge is 1.99. The van der Waals surface area contributed by atoms with Gasteiger partial charge in [-0.15, -0.1) is 0 Å². The Labute approximate surface area is 70.7 Å². The van der Waals surface area contributed by atoms with Crippen LogP contribution in [-0.4, -0.2) is 16.1 Å². The van der Waals surface area contributed by atoms with Crippen molar-refractivity contribution in [3.63, 3.8) is 0 Å². The van der Waals surface area contributed by atoms with Gasteiger partial charge in [-0.1, -0.05) is 6.08 Å². The van der Waals surface area contributed by atoms with Crippen LogP contribution in [0.25, 0.3) is 0 Å². The quantitative estimate of drug-likeness (QED) is 0.647. The Balaban J connectivity index is 2.58. The number of nitrogens with zero attached hydrogens (tertiary/aromatic N) is 1. The van der Waals surface area contributed by atoms with E-state index in [-0.39, 0.29) is 5.91 Å². The number of rotatable bonds is 2. The summed E-state index contributed by atoms with van der Waals surface area (Å²) in [5, 5.41) is 9.17. The van der Waals surface area contributed by atoms with E-state index in [1.807, 2.05) is 6.92 Å². The van der Waals surface area contributed by atoms with E-state index in [4.69, 9.17) is 0 Å². The molecule has 1 aromatic heterocycles. The zero-order chi connectivity index (χ0) is 8.97. The van der Waals surface area contributed by atoms with Crippen molar-refractivity contribution in [2.75, 3.05) is 5.32 Å². The lowest BCUT2D eigenvalue weighted by Crippen LogP contribution is -2.07. The molecule has 0 unspecified atom stereocenters. The zero-order valence-electron chi connectivity index (χ0n) is 7.09. The van der Waals surface area contributed by atoms with Crippen LogP contribution in [-0.2, 0) is 4.79 Å². The van der Waals surface area contributed by atoms with Crippen molar-refractivity contribution in [2.24, 2.45) is 0 Å². The van der Waals surface area contributed by atoms with Crippen molar-refractivity contribution in [1.29, 1.82) is 0 Å². The average Bonchev–Trinajstić information content (AvgIpc) is 2.36. The molecule has 0 spiro atoms. The van der Waals surface area contributed by atoms with Gasteiger partial charge in [0.1, 0.15) is 0 Å². The van der Waals surface area contributed by atoms with Crippen LogP contribution < -0.4 is 5.32 Å². The third-order valence-corrected chi connectivity index (χ3v) is 1.28. The topological polar surface area (TPSA) is 57.8 Å². The predicted molar refractivity (Wildman–Crippen MR) is 46.8 cm³/mol. The third kappa shape index (κ3) is 2.23. The molecular weight excluding hydrogens is 154 g/mol. The average molecular weight is 165 g/mol. The number of hydrogen-bond acceptors (Lipinski definition) is 2. The van der Waals surface area contributed by atoms with Gasteiger partial charge in [-0.2, -0.15) is 5.10 Å². The molecule has 0 aromatic carbocycles. The Morgan fingerprint density at radius 3 is 3.00 bits per heavy atom. The minimum atomic E-state index is -0.163. The Bertz CT molecular complexity index is 301. The minimum Gasteiger partial charge on any atom is -0.306 e. The lowest BCUT2D eigenvalue weighted by Gasteiger charge is -1.93. The first kappa shape index (κ1) is 8.52. The molecule has 0 bridgehead atoms. The molecule has 0 aliphatic heterocycles. The lowest BCUT2D eigenvalue weighted by molar-refractivity contribution is -0.111. The highest BCUT2D eigenvalue weighted by Crippen LogP contribution is 2.02. The second-order valence-corrected chi connectivity index (χ2v) is 2.43. The van der Waals surface area contributed by atoms with Gasteiger partial charge in [0.05, 0.1) is 0 Å². The number of carbonyl (C=O) groups is 1. The largest absolute Gasteiger partial charge is 0.306 e. The fourth-order valence-corrected chi connectivity index (χ4v) is 0.801. The van der Waals surface area contributed by atoms with Gasteiger partial charge in [0.15, 0.2) is 5.82 Å². The number of anilines is 1. The van der Waals surface area contributed by atoms with Gasteiger partial charge in [-0.05, 0) is 19.9 Å². The normalized spacial score (nSPS) is 10.5. The Hall–Kier alpha value is -1.58. The van der Waals surface area contributed by atoms with Crippen LogP contribution in [0.3, 0.4) is 0 Å². The van der Waals surface area contributed by atoms with Crippen molar-refractivity contribution >= 4 is 11.7 Å². The van der Waals surface area contributed by atoms with Crippen LogP contribution in [0.4, 0.5) is 5.82 Å². The Kier molecular flexibility index (Phi) is 2.63. The van der Waals surface area contributed by atoms with E-state index >= 15 is 0 Å². The maximum absolute atomic E-state index is 11.0. The smallest absolute Gasteiger partial charge is 0.249 e. The minimum absolute atomic E-state index is 0.163. The molecule has 0 aliphatic carbocycles. The van der Waals surface area contributed by atoms with Gasteiger partial charge in [0.25, 0.3) is 0 Å². The van der Waals surface area contributed by atoms with E-state index in [0.717, 1.165) is 5.69 Å². The first-order valence-corrected chi connectivity index (χ1v) is 3.68. The number of aryl methyl sites for hydroxylation is 1. The monoisotopic (exact) mass is 165 g/mol. The van der Waals surface area contributed by atoms with Crippen LogP contribution in [0.1, 0.15) is 12.6 Å². The number of nitrogens with one attached hydrogen (secondary N) is 2. The van der Waals surface area contributed by atoms with E-state index in [1.54, 1.807) is 19.1 Å².